The van der Waals surface area contributed by atoms with Gasteiger partial charge in [-0.25, -0.2) is 0 Å². The number of nitrogens with zero attached hydrogens (tertiary/aromatic N) is 1. The summed E-state index contributed by atoms with van der Waals surface area (Å²) in [6.45, 7) is 4.43. The van der Waals surface area contributed by atoms with Crippen LogP contribution in [0, 0.1) is 0 Å². The van der Waals surface area contributed by atoms with Gasteiger partial charge in [0.1, 0.15) is 17.5 Å². The normalized spacial score (nSPS) is 12.0. The van der Waals surface area contributed by atoms with Gasteiger partial charge < -0.3 is 19.4 Å². The van der Waals surface area contributed by atoms with Gasteiger partial charge >= 0.3 is 0 Å². The van der Waals surface area contributed by atoms with E-state index in [0.29, 0.717) is 23.1 Å². The van der Waals surface area contributed by atoms with Gasteiger partial charge in [0.15, 0.2) is 0 Å². The first kappa shape index (κ1) is 18.1. The molecule has 0 aliphatic heterocycles. The Morgan fingerprint density at radius 3 is 2.73 bits per heavy atom. The van der Waals surface area contributed by atoms with Crippen LogP contribution in [0.5, 0.6) is 11.5 Å². The highest BCUT2D eigenvalue weighted by atomic mass is 35.5. The molecule has 0 aliphatic rings. The summed E-state index contributed by atoms with van der Waals surface area (Å²) < 4.78 is 12.6. The van der Waals surface area contributed by atoms with E-state index in [0.717, 1.165) is 16.7 Å². The molecule has 0 spiro atoms. The predicted octanol–water partition coefficient (Wildman–Crippen LogP) is 4.90. The molecule has 1 aromatic heterocycles. The molecule has 2 aromatic carbocycles. The molecule has 0 radical (unpaired) electrons. The summed E-state index contributed by atoms with van der Waals surface area (Å²) in [7, 11) is 1.55. The van der Waals surface area contributed by atoms with Crippen LogP contribution in [-0.4, -0.2) is 24.2 Å². The molecule has 3 aromatic rings. The number of ether oxygens (including phenoxy) is 2. The van der Waals surface area contributed by atoms with E-state index in [4.69, 9.17) is 21.1 Å². The van der Waals surface area contributed by atoms with E-state index in [1.54, 1.807) is 25.3 Å². The maximum atomic E-state index is 12.7. The smallest absolute Gasteiger partial charge is 0.247 e. The van der Waals surface area contributed by atoms with Gasteiger partial charge in [-0.15, -0.1) is 0 Å². The van der Waals surface area contributed by atoms with Gasteiger partial charge in [-0.1, -0.05) is 11.6 Å². The van der Waals surface area contributed by atoms with E-state index in [9.17, 15) is 4.79 Å². The number of benzene rings is 2. The Balaban J connectivity index is 1.80. The van der Waals surface area contributed by atoms with Crippen LogP contribution in [0.4, 0.5) is 5.69 Å². The fraction of sp³-hybridized carbons (Fsp3) is 0.250. The lowest BCUT2D eigenvalue weighted by Crippen LogP contribution is -2.23. The zero-order valence-corrected chi connectivity index (χ0v) is 15.7. The van der Waals surface area contributed by atoms with E-state index < -0.39 is 0 Å². The number of halogens is 1. The molecule has 26 heavy (non-hydrogen) atoms. The number of carbonyl (C=O) groups excluding carboxylic acids is 1. The Hall–Kier alpha value is -2.66. The Morgan fingerprint density at radius 2 is 2.04 bits per heavy atom. The lowest BCUT2D eigenvalue weighted by molar-refractivity contribution is -0.118. The van der Waals surface area contributed by atoms with Crippen LogP contribution in [0.2, 0.25) is 5.02 Å². The number of nitrogens with one attached hydrogen (secondary N) is 1. The highest BCUT2D eigenvalue weighted by Gasteiger charge is 2.17. The van der Waals surface area contributed by atoms with E-state index >= 15 is 0 Å². The standard InChI is InChI=1S/C20H21ClN2O3/c1-4-26-16-6-7-18-14(11-16)9-10-23(18)13(2)20(24)22-15-5-8-19(25-3)17(21)12-15/h5-13H,4H2,1-3H3,(H,22,24). The molecule has 136 valence electrons. The largest absolute Gasteiger partial charge is 0.495 e. The maximum Gasteiger partial charge on any atom is 0.247 e. The van der Waals surface area contributed by atoms with Crippen molar-refractivity contribution >= 4 is 34.1 Å². The monoisotopic (exact) mass is 372 g/mol. The van der Waals surface area contributed by atoms with Gasteiger partial charge in [0.2, 0.25) is 5.91 Å². The Kier molecular flexibility index (Phi) is 5.38. The molecule has 0 saturated carbocycles. The third-order valence-corrected chi connectivity index (χ3v) is 4.51. The van der Waals surface area contributed by atoms with Crippen molar-refractivity contribution in [1.29, 1.82) is 0 Å². The molecule has 1 N–H and O–H groups in total. The number of methoxy groups -OCH3 is 1. The first-order valence-electron chi connectivity index (χ1n) is 8.41. The van der Waals surface area contributed by atoms with Crippen LogP contribution < -0.4 is 14.8 Å². The van der Waals surface area contributed by atoms with Crippen molar-refractivity contribution in [3.05, 3.63) is 53.7 Å². The van der Waals surface area contributed by atoms with Crippen molar-refractivity contribution in [2.75, 3.05) is 19.0 Å². The van der Waals surface area contributed by atoms with Crippen LogP contribution in [0.1, 0.15) is 19.9 Å². The number of hydrogen-bond acceptors (Lipinski definition) is 3. The summed E-state index contributed by atoms with van der Waals surface area (Å²) in [4.78, 5) is 12.7. The number of anilines is 1. The average Bonchev–Trinajstić information content (AvgIpc) is 3.04. The molecule has 1 amide bonds. The minimum Gasteiger partial charge on any atom is -0.495 e. The molecule has 6 heteroatoms. The highest BCUT2D eigenvalue weighted by molar-refractivity contribution is 6.32. The van der Waals surface area contributed by atoms with Crippen molar-refractivity contribution in [3.63, 3.8) is 0 Å². The van der Waals surface area contributed by atoms with Gasteiger partial charge in [-0.05, 0) is 56.3 Å². The summed E-state index contributed by atoms with van der Waals surface area (Å²) >= 11 is 6.12. The molecular weight excluding hydrogens is 352 g/mol. The number of carbonyl (C=O) groups is 1. The summed E-state index contributed by atoms with van der Waals surface area (Å²) in [5.74, 6) is 1.26. The summed E-state index contributed by atoms with van der Waals surface area (Å²) in [6, 6.07) is 12.6. The summed E-state index contributed by atoms with van der Waals surface area (Å²) in [6.07, 6.45) is 1.91. The predicted molar refractivity (Wildman–Crippen MR) is 104 cm³/mol. The van der Waals surface area contributed by atoms with E-state index in [1.165, 1.54) is 0 Å². The molecule has 0 aliphatic carbocycles. The van der Waals surface area contributed by atoms with Gasteiger partial charge in [0.05, 0.1) is 18.7 Å². The second-order valence-electron chi connectivity index (χ2n) is 5.89. The van der Waals surface area contributed by atoms with Crippen molar-refractivity contribution in [1.82, 2.24) is 4.57 Å². The van der Waals surface area contributed by atoms with Crippen LogP contribution >= 0.6 is 11.6 Å². The van der Waals surface area contributed by atoms with Crippen molar-refractivity contribution < 1.29 is 14.3 Å². The number of hydrogen-bond donors (Lipinski definition) is 1. The van der Waals surface area contributed by atoms with E-state index in [1.807, 2.05) is 48.9 Å². The Bertz CT molecular complexity index is 936. The minimum atomic E-state index is -0.383. The van der Waals surface area contributed by atoms with Crippen LogP contribution in [0.3, 0.4) is 0 Å². The molecular formula is C20H21ClN2O3. The molecule has 3 rings (SSSR count). The van der Waals surface area contributed by atoms with Crippen molar-refractivity contribution in [3.8, 4) is 11.5 Å². The molecule has 1 atom stereocenters. The zero-order valence-electron chi connectivity index (χ0n) is 15.0. The second-order valence-corrected chi connectivity index (χ2v) is 6.30. The molecule has 0 bridgehead atoms. The molecule has 1 heterocycles. The molecule has 5 nitrogen and oxygen atoms in total. The fourth-order valence-corrected chi connectivity index (χ4v) is 3.11. The SMILES string of the molecule is CCOc1ccc2c(ccn2C(C)C(=O)Nc2ccc(OC)c(Cl)c2)c1. The van der Waals surface area contributed by atoms with Crippen molar-refractivity contribution in [2.24, 2.45) is 0 Å². The Labute approximate surface area is 157 Å². The first-order valence-corrected chi connectivity index (χ1v) is 8.79. The second kappa shape index (κ2) is 7.70. The van der Waals surface area contributed by atoms with Gasteiger partial charge in [-0.3, -0.25) is 4.79 Å². The maximum absolute atomic E-state index is 12.7. The molecule has 1 unspecified atom stereocenters. The fourth-order valence-electron chi connectivity index (χ4n) is 2.85. The van der Waals surface area contributed by atoms with Gasteiger partial charge in [0.25, 0.3) is 0 Å². The number of amides is 1. The topological polar surface area (TPSA) is 52.5 Å². The van der Waals surface area contributed by atoms with Crippen LogP contribution in [0.25, 0.3) is 10.9 Å². The summed E-state index contributed by atoms with van der Waals surface area (Å²) in [5, 5.41) is 4.38. The number of aromatic nitrogens is 1. The first-order chi connectivity index (χ1) is 12.5. The van der Waals surface area contributed by atoms with Gasteiger partial charge in [-0.2, -0.15) is 0 Å². The lowest BCUT2D eigenvalue weighted by atomic mass is 10.2. The minimum absolute atomic E-state index is 0.127. The third kappa shape index (κ3) is 3.63. The zero-order chi connectivity index (χ0) is 18.7. The van der Waals surface area contributed by atoms with Crippen LogP contribution in [-0.2, 0) is 4.79 Å². The molecule has 0 saturated heterocycles. The summed E-state index contributed by atoms with van der Waals surface area (Å²) in [5.41, 5.74) is 1.60. The highest BCUT2D eigenvalue weighted by Crippen LogP contribution is 2.28. The quantitative estimate of drug-likeness (QED) is 0.669. The lowest BCUT2D eigenvalue weighted by Gasteiger charge is -2.16. The van der Waals surface area contributed by atoms with Gasteiger partial charge in [0, 0.05) is 22.8 Å². The van der Waals surface area contributed by atoms with Crippen molar-refractivity contribution in [2.45, 2.75) is 19.9 Å². The number of rotatable bonds is 6. The number of fused-ring (bicyclic) bond motifs is 1. The van der Waals surface area contributed by atoms with E-state index in [2.05, 4.69) is 5.32 Å². The van der Waals surface area contributed by atoms with E-state index in [-0.39, 0.29) is 11.9 Å². The Morgan fingerprint density at radius 1 is 1.23 bits per heavy atom. The molecule has 0 fully saturated rings. The average molecular weight is 373 g/mol. The van der Waals surface area contributed by atoms with Crippen LogP contribution in [0.15, 0.2) is 48.7 Å². The third-order valence-electron chi connectivity index (χ3n) is 4.22.